The third-order valence-electron chi connectivity index (χ3n) is 6.90. The first-order chi connectivity index (χ1) is 18.6. The van der Waals surface area contributed by atoms with E-state index in [-0.39, 0.29) is 5.91 Å². The summed E-state index contributed by atoms with van der Waals surface area (Å²) >= 11 is 0. The van der Waals surface area contributed by atoms with E-state index in [9.17, 15) is 4.79 Å². The van der Waals surface area contributed by atoms with Gasteiger partial charge in [-0.25, -0.2) is 9.97 Å². The summed E-state index contributed by atoms with van der Waals surface area (Å²) in [6.07, 6.45) is 14.6. The number of nitrogens with one attached hydrogen (secondary N) is 2. The summed E-state index contributed by atoms with van der Waals surface area (Å²) in [4.78, 5) is 24.1. The molecule has 2 aliphatic heterocycles. The van der Waals surface area contributed by atoms with Crippen molar-refractivity contribution in [1.29, 1.82) is 0 Å². The number of rotatable bonds is 8. The molecule has 1 aromatic carbocycles. The molecule has 0 radical (unpaired) electrons. The number of ether oxygens (including phenoxy) is 1. The molecule has 2 N–H and O–H groups in total. The van der Waals surface area contributed by atoms with Crippen LogP contribution in [-0.2, 0) is 17.8 Å². The van der Waals surface area contributed by atoms with Crippen LogP contribution in [0.2, 0.25) is 0 Å². The Morgan fingerprint density at radius 1 is 1.16 bits per heavy atom. The highest BCUT2D eigenvalue weighted by Crippen LogP contribution is 2.38. The van der Waals surface area contributed by atoms with Gasteiger partial charge in [-0.1, -0.05) is 24.8 Å². The van der Waals surface area contributed by atoms with Gasteiger partial charge in [0.25, 0.3) is 0 Å². The molecule has 0 bridgehead atoms. The number of hydrogen-bond donors (Lipinski definition) is 2. The fourth-order valence-corrected chi connectivity index (χ4v) is 4.89. The Kier molecular flexibility index (Phi) is 7.65. The Balaban J connectivity index is 1.49. The van der Waals surface area contributed by atoms with Crippen LogP contribution in [0.25, 0.3) is 16.8 Å². The number of benzene rings is 1. The van der Waals surface area contributed by atoms with Gasteiger partial charge in [0.05, 0.1) is 30.4 Å². The van der Waals surface area contributed by atoms with Gasteiger partial charge in [0, 0.05) is 48.7 Å². The first-order valence-corrected chi connectivity index (χ1v) is 12.9. The Labute approximate surface area is 222 Å². The van der Waals surface area contributed by atoms with Gasteiger partial charge >= 0.3 is 0 Å². The molecule has 9 heteroatoms. The minimum Gasteiger partial charge on any atom is -0.495 e. The Hall–Kier alpha value is -4.24. The van der Waals surface area contributed by atoms with E-state index in [1.54, 1.807) is 25.5 Å². The van der Waals surface area contributed by atoms with Gasteiger partial charge in [0.1, 0.15) is 5.75 Å². The van der Waals surface area contributed by atoms with Gasteiger partial charge < -0.3 is 20.3 Å². The van der Waals surface area contributed by atoms with Crippen LogP contribution in [0.1, 0.15) is 30.5 Å². The molecule has 196 valence electrons. The molecular weight excluding hydrogens is 478 g/mol. The normalized spacial score (nSPS) is 15.6. The minimum atomic E-state index is -0.236. The summed E-state index contributed by atoms with van der Waals surface area (Å²) in [6.45, 7) is 6.38. The molecule has 0 atom stereocenters. The summed E-state index contributed by atoms with van der Waals surface area (Å²) in [5.74, 6) is 0.836. The molecule has 0 saturated heterocycles. The lowest BCUT2D eigenvalue weighted by Crippen LogP contribution is -2.24. The largest absolute Gasteiger partial charge is 0.495 e. The van der Waals surface area contributed by atoms with Crippen LogP contribution in [0, 0.1) is 0 Å². The van der Waals surface area contributed by atoms with Crippen LogP contribution in [-0.4, -0.2) is 57.8 Å². The fraction of sp³-hybridized carbons (Fsp3) is 0.310. The third-order valence-corrected chi connectivity index (χ3v) is 6.90. The number of methoxy groups -OCH3 is 1. The zero-order chi connectivity index (χ0) is 26.5. The second-order valence-electron chi connectivity index (χ2n) is 9.50. The summed E-state index contributed by atoms with van der Waals surface area (Å²) in [7, 11) is 3.73. The smallest absolute Gasteiger partial charge is 0.248 e. The summed E-state index contributed by atoms with van der Waals surface area (Å²) in [5, 5.41) is 10.9. The van der Waals surface area contributed by atoms with E-state index in [0.29, 0.717) is 23.1 Å². The molecule has 4 heterocycles. The van der Waals surface area contributed by atoms with Crippen LogP contribution in [0.5, 0.6) is 5.75 Å². The lowest BCUT2D eigenvalue weighted by Gasteiger charge is -2.24. The van der Waals surface area contributed by atoms with Crippen molar-refractivity contribution >= 4 is 28.8 Å². The lowest BCUT2D eigenvalue weighted by molar-refractivity contribution is -0.111. The number of anilines is 3. The Bertz CT molecular complexity index is 1410. The number of amides is 1. The van der Waals surface area contributed by atoms with Crippen LogP contribution >= 0.6 is 0 Å². The van der Waals surface area contributed by atoms with Gasteiger partial charge in [0.2, 0.25) is 11.9 Å². The highest BCUT2D eigenvalue weighted by atomic mass is 16.5. The van der Waals surface area contributed by atoms with E-state index in [4.69, 9.17) is 9.72 Å². The second kappa shape index (κ2) is 11.4. The van der Waals surface area contributed by atoms with Crippen molar-refractivity contribution in [2.24, 2.45) is 0 Å². The molecule has 0 aliphatic carbocycles. The number of carbonyl (C=O) groups excluding carboxylic acids is 1. The number of carbonyl (C=O) groups is 1. The van der Waals surface area contributed by atoms with Crippen molar-refractivity contribution in [2.75, 3.05) is 37.9 Å². The van der Waals surface area contributed by atoms with E-state index in [2.05, 4.69) is 50.0 Å². The van der Waals surface area contributed by atoms with Gasteiger partial charge in [0.15, 0.2) is 0 Å². The molecule has 3 aromatic rings. The molecule has 9 nitrogen and oxygen atoms in total. The van der Waals surface area contributed by atoms with E-state index >= 15 is 0 Å². The molecule has 2 aromatic heterocycles. The SMILES string of the molecule is C=C/C=C/C(=O)Nc1cc(Nc2nccc(-c3cnn4c3CCCC4)n2)c(OC)cc1C1=CCN(C)CC1. The number of likely N-dealkylation sites (N-methyl/N-ethyl adjacent to an activating group) is 1. The van der Waals surface area contributed by atoms with Crippen LogP contribution in [0.4, 0.5) is 17.3 Å². The monoisotopic (exact) mass is 511 g/mol. The highest BCUT2D eigenvalue weighted by molar-refractivity contribution is 6.02. The number of fused-ring (bicyclic) bond motifs is 1. The maximum atomic E-state index is 12.6. The standard InChI is InChI=1S/C29H33N7O2/c1-4-5-9-28(37)32-24-18-25(27(38-3)17-21(24)20-11-15-35(2)16-12-20)34-29-30-13-10-23(33-29)22-19-31-36-14-7-6-8-26(22)36/h4-5,9-11,13,17-19H,1,6-8,12,14-16H2,2-3H3,(H,32,37)(H,30,33,34)/b9-5+. The lowest BCUT2D eigenvalue weighted by atomic mass is 9.97. The van der Waals surface area contributed by atoms with Crippen LogP contribution in [0.15, 0.2) is 61.5 Å². The average molecular weight is 512 g/mol. The van der Waals surface area contributed by atoms with E-state index in [1.165, 1.54) is 17.3 Å². The number of aromatic nitrogens is 4. The number of aryl methyl sites for hydroxylation is 1. The molecular formula is C29H33N7O2. The molecule has 0 unspecified atom stereocenters. The Morgan fingerprint density at radius 2 is 2.05 bits per heavy atom. The quantitative estimate of drug-likeness (QED) is 0.330. The van der Waals surface area contributed by atoms with Crippen molar-refractivity contribution in [3.63, 3.8) is 0 Å². The maximum absolute atomic E-state index is 12.6. The topological polar surface area (TPSA) is 97.2 Å². The Morgan fingerprint density at radius 3 is 2.84 bits per heavy atom. The number of nitrogens with zero attached hydrogens (tertiary/aromatic N) is 5. The molecule has 0 fully saturated rings. The first-order valence-electron chi connectivity index (χ1n) is 12.9. The average Bonchev–Trinajstić information content (AvgIpc) is 3.37. The number of allylic oxidation sites excluding steroid dienone is 2. The summed E-state index contributed by atoms with van der Waals surface area (Å²) in [5.41, 5.74) is 6.51. The molecule has 2 aliphatic rings. The molecule has 5 rings (SSSR count). The molecule has 0 saturated carbocycles. The summed E-state index contributed by atoms with van der Waals surface area (Å²) in [6, 6.07) is 5.75. The van der Waals surface area contributed by atoms with Gasteiger partial charge in [-0.15, -0.1) is 0 Å². The predicted molar refractivity (Wildman–Crippen MR) is 151 cm³/mol. The fourth-order valence-electron chi connectivity index (χ4n) is 4.89. The van der Waals surface area contributed by atoms with Crippen LogP contribution in [0.3, 0.4) is 0 Å². The minimum absolute atomic E-state index is 0.236. The summed E-state index contributed by atoms with van der Waals surface area (Å²) < 4.78 is 7.84. The third kappa shape index (κ3) is 5.52. The van der Waals surface area contributed by atoms with Crippen molar-refractivity contribution in [3.05, 3.63) is 72.7 Å². The van der Waals surface area contributed by atoms with Crippen molar-refractivity contribution < 1.29 is 9.53 Å². The maximum Gasteiger partial charge on any atom is 0.248 e. The van der Waals surface area contributed by atoms with E-state index in [1.807, 2.05) is 24.4 Å². The zero-order valence-corrected chi connectivity index (χ0v) is 21.9. The highest BCUT2D eigenvalue weighted by Gasteiger charge is 2.20. The first kappa shape index (κ1) is 25.4. The van der Waals surface area contributed by atoms with Crippen molar-refractivity contribution in [3.8, 4) is 17.0 Å². The molecule has 1 amide bonds. The number of hydrogen-bond acceptors (Lipinski definition) is 7. The molecule has 0 spiro atoms. The zero-order valence-electron chi connectivity index (χ0n) is 21.9. The molecule has 38 heavy (non-hydrogen) atoms. The van der Waals surface area contributed by atoms with Crippen LogP contribution < -0.4 is 15.4 Å². The van der Waals surface area contributed by atoms with Gasteiger partial charge in [-0.2, -0.15) is 5.10 Å². The predicted octanol–water partition coefficient (Wildman–Crippen LogP) is 4.83. The van der Waals surface area contributed by atoms with Gasteiger partial charge in [-0.05, 0) is 56.5 Å². The van der Waals surface area contributed by atoms with Crippen molar-refractivity contribution in [2.45, 2.75) is 32.2 Å². The van der Waals surface area contributed by atoms with E-state index < -0.39 is 0 Å². The van der Waals surface area contributed by atoms with E-state index in [0.717, 1.165) is 62.1 Å². The van der Waals surface area contributed by atoms with Gasteiger partial charge in [-0.3, -0.25) is 9.48 Å². The second-order valence-corrected chi connectivity index (χ2v) is 9.50. The van der Waals surface area contributed by atoms with Crippen molar-refractivity contribution in [1.82, 2.24) is 24.6 Å².